The Bertz CT molecular complexity index is 834. The minimum atomic E-state index is -3.78. The van der Waals surface area contributed by atoms with Crippen LogP contribution in [-0.2, 0) is 14.8 Å². The van der Waals surface area contributed by atoms with Crippen molar-refractivity contribution in [3.63, 3.8) is 0 Å². The van der Waals surface area contributed by atoms with Crippen LogP contribution in [0.2, 0.25) is 0 Å². The van der Waals surface area contributed by atoms with Crippen LogP contribution in [0.1, 0.15) is 0 Å². The molecule has 0 heterocycles. The zero-order chi connectivity index (χ0) is 18.4. The Kier molecular flexibility index (Phi) is 6.00. The molecule has 2 aromatic rings. The molecule has 0 aliphatic rings. The summed E-state index contributed by atoms with van der Waals surface area (Å²) in [6.45, 7) is -0.327. The van der Waals surface area contributed by atoms with E-state index in [-0.39, 0.29) is 11.4 Å². The number of hydrogen-bond donors (Lipinski definition) is 1. The van der Waals surface area contributed by atoms with Crippen molar-refractivity contribution in [2.45, 2.75) is 4.90 Å². The van der Waals surface area contributed by atoms with Gasteiger partial charge in [0.25, 0.3) is 0 Å². The first-order chi connectivity index (χ1) is 11.9. The van der Waals surface area contributed by atoms with E-state index < -0.39 is 15.9 Å². The molecule has 1 amide bonds. The lowest BCUT2D eigenvalue weighted by Gasteiger charge is -2.17. The third-order valence-electron chi connectivity index (χ3n) is 3.51. The minimum absolute atomic E-state index is 0.0842. The van der Waals surface area contributed by atoms with E-state index in [0.29, 0.717) is 17.2 Å². The molecule has 2 rings (SSSR count). The highest BCUT2D eigenvalue weighted by Gasteiger charge is 2.23. The fraction of sp³-hybridized carbons (Fsp3) is 0.235. The molecular weight excluding hydrogens is 344 g/mol. The van der Waals surface area contributed by atoms with Crippen LogP contribution in [0.3, 0.4) is 0 Å². The molecule has 134 valence electrons. The van der Waals surface area contributed by atoms with Crippen LogP contribution in [0.25, 0.3) is 0 Å². The second-order valence-corrected chi connectivity index (χ2v) is 7.23. The van der Waals surface area contributed by atoms with E-state index in [1.165, 1.54) is 33.4 Å². The maximum atomic E-state index is 12.5. The molecule has 0 fully saturated rings. The molecule has 8 heteroatoms. The van der Waals surface area contributed by atoms with Crippen molar-refractivity contribution in [1.82, 2.24) is 4.31 Å². The molecule has 0 saturated heterocycles. The Morgan fingerprint density at radius 3 is 2.28 bits per heavy atom. The van der Waals surface area contributed by atoms with Gasteiger partial charge < -0.3 is 14.8 Å². The number of nitrogens with zero attached hydrogens (tertiary/aromatic N) is 1. The molecule has 0 atom stereocenters. The molecule has 0 radical (unpaired) electrons. The SMILES string of the molecule is COc1ccc(S(=O)(=O)N(C)CC(=O)Nc2ccccc2OC)cc1. The lowest BCUT2D eigenvalue weighted by Crippen LogP contribution is -2.35. The van der Waals surface area contributed by atoms with Gasteiger partial charge in [-0.2, -0.15) is 4.31 Å². The Balaban J connectivity index is 2.09. The maximum Gasteiger partial charge on any atom is 0.243 e. The molecule has 1 N–H and O–H groups in total. The third kappa shape index (κ3) is 4.49. The highest BCUT2D eigenvalue weighted by Crippen LogP contribution is 2.23. The van der Waals surface area contributed by atoms with E-state index in [4.69, 9.17) is 9.47 Å². The van der Waals surface area contributed by atoms with Crippen molar-refractivity contribution < 1.29 is 22.7 Å². The number of likely N-dealkylation sites (N-methyl/N-ethyl adjacent to an activating group) is 1. The smallest absolute Gasteiger partial charge is 0.243 e. The van der Waals surface area contributed by atoms with Gasteiger partial charge in [0.1, 0.15) is 11.5 Å². The molecule has 2 aromatic carbocycles. The van der Waals surface area contributed by atoms with Gasteiger partial charge in [-0.25, -0.2) is 8.42 Å². The van der Waals surface area contributed by atoms with E-state index in [9.17, 15) is 13.2 Å². The molecule has 0 unspecified atom stereocenters. The van der Waals surface area contributed by atoms with Crippen LogP contribution >= 0.6 is 0 Å². The molecule has 7 nitrogen and oxygen atoms in total. The number of anilines is 1. The minimum Gasteiger partial charge on any atom is -0.497 e. The predicted molar refractivity (Wildman–Crippen MR) is 94.4 cm³/mol. The number of benzene rings is 2. The average molecular weight is 364 g/mol. The first-order valence-corrected chi connectivity index (χ1v) is 8.85. The average Bonchev–Trinajstić information content (AvgIpc) is 2.62. The van der Waals surface area contributed by atoms with Crippen LogP contribution in [0, 0.1) is 0 Å². The van der Waals surface area contributed by atoms with Gasteiger partial charge in [0.15, 0.2) is 0 Å². The number of carbonyl (C=O) groups is 1. The van der Waals surface area contributed by atoms with Gasteiger partial charge in [0, 0.05) is 7.05 Å². The second kappa shape index (κ2) is 8.00. The summed E-state index contributed by atoms with van der Waals surface area (Å²) in [7, 11) is 0.556. The van der Waals surface area contributed by atoms with E-state index in [1.807, 2.05) is 0 Å². The number of rotatable bonds is 7. The molecule has 0 aliphatic carbocycles. The Hall–Kier alpha value is -2.58. The van der Waals surface area contributed by atoms with Crippen molar-refractivity contribution in [3.05, 3.63) is 48.5 Å². The number of methoxy groups -OCH3 is 2. The summed E-state index contributed by atoms with van der Waals surface area (Å²) >= 11 is 0. The number of ether oxygens (including phenoxy) is 2. The summed E-state index contributed by atoms with van der Waals surface area (Å²) < 4.78 is 36.2. The van der Waals surface area contributed by atoms with Gasteiger partial charge in [0.05, 0.1) is 31.3 Å². The summed E-state index contributed by atoms with van der Waals surface area (Å²) in [4.78, 5) is 12.3. The first kappa shape index (κ1) is 18.8. The normalized spacial score (nSPS) is 11.2. The van der Waals surface area contributed by atoms with Gasteiger partial charge in [-0.3, -0.25) is 4.79 Å². The van der Waals surface area contributed by atoms with Gasteiger partial charge >= 0.3 is 0 Å². The van der Waals surface area contributed by atoms with Crippen molar-refractivity contribution in [2.24, 2.45) is 0 Å². The highest BCUT2D eigenvalue weighted by molar-refractivity contribution is 7.89. The van der Waals surface area contributed by atoms with Gasteiger partial charge in [-0.1, -0.05) is 12.1 Å². The van der Waals surface area contributed by atoms with Crippen LogP contribution in [0.4, 0.5) is 5.69 Å². The number of nitrogens with one attached hydrogen (secondary N) is 1. The van der Waals surface area contributed by atoms with Crippen LogP contribution in [0.5, 0.6) is 11.5 Å². The first-order valence-electron chi connectivity index (χ1n) is 7.41. The molecule has 0 bridgehead atoms. The largest absolute Gasteiger partial charge is 0.497 e. The van der Waals surface area contributed by atoms with Gasteiger partial charge in [-0.15, -0.1) is 0 Å². The molecule has 25 heavy (non-hydrogen) atoms. The fourth-order valence-electron chi connectivity index (χ4n) is 2.15. The Morgan fingerprint density at radius 1 is 1.04 bits per heavy atom. The molecule has 0 saturated carbocycles. The standard InChI is InChI=1S/C17H20N2O5S/c1-19(25(21,22)14-10-8-13(23-2)9-11-14)12-17(20)18-15-6-4-5-7-16(15)24-3/h4-11H,12H2,1-3H3,(H,18,20). The summed E-state index contributed by atoms with van der Waals surface area (Å²) in [6, 6.07) is 12.9. The predicted octanol–water partition coefficient (Wildman–Crippen LogP) is 1.96. The fourth-order valence-corrected chi connectivity index (χ4v) is 3.28. The molecule has 0 aromatic heterocycles. The Morgan fingerprint density at radius 2 is 1.68 bits per heavy atom. The number of para-hydroxylation sites is 2. The zero-order valence-corrected chi connectivity index (χ0v) is 15.0. The summed E-state index contributed by atoms with van der Waals surface area (Å²) in [6.07, 6.45) is 0. The van der Waals surface area contributed by atoms with E-state index in [1.54, 1.807) is 36.4 Å². The zero-order valence-electron chi connectivity index (χ0n) is 14.2. The Labute approximate surface area is 147 Å². The van der Waals surface area contributed by atoms with Crippen molar-refractivity contribution in [1.29, 1.82) is 0 Å². The monoisotopic (exact) mass is 364 g/mol. The van der Waals surface area contributed by atoms with Gasteiger partial charge in [0.2, 0.25) is 15.9 Å². The molecular formula is C17H20N2O5S. The summed E-state index contributed by atoms with van der Waals surface area (Å²) in [5.74, 6) is 0.580. The maximum absolute atomic E-state index is 12.5. The van der Waals surface area contributed by atoms with Gasteiger partial charge in [-0.05, 0) is 36.4 Å². The second-order valence-electron chi connectivity index (χ2n) is 5.19. The topological polar surface area (TPSA) is 84.9 Å². The van der Waals surface area contributed by atoms with E-state index in [2.05, 4.69) is 5.32 Å². The lowest BCUT2D eigenvalue weighted by molar-refractivity contribution is -0.116. The van der Waals surface area contributed by atoms with E-state index >= 15 is 0 Å². The molecule has 0 aliphatic heterocycles. The summed E-state index contributed by atoms with van der Waals surface area (Å²) in [5, 5.41) is 2.64. The third-order valence-corrected chi connectivity index (χ3v) is 5.33. The van der Waals surface area contributed by atoms with Crippen LogP contribution in [0.15, 0.2) is 53.4 Å². The highest BCUT2D eigenvalue weighted by atomic mass is 32.2. The van der Waals surface area contributed by atoms with E-state index in [0.717, 1.165) is 4.31 Å². The number of amides is 1. The van der Waals surface area contributed by atoms with Crippen molar-refractivity contribution in [3.8, 4) is 11.5 Å². The van der Waals surface area contributed by atoms with Crippen LogP contribution in [-0.4, -0.2) is 46.4 Å². The molecule has 0 spiro atoms. The van der Waals surface area contributed by atoms with Crippen molar-refractivity contribution in [2.75, 3.05) is 33.1 Å². The van der Waals surface area contributed by atoms with Crippen LogP contribution < -0.4 is 14.8 Å². The lowest BCUT2D eigenvalue weighted by atomic mass is 10.3. The number of carbonyl (C=O) groups excluding carboxylic acids is 1. The number of hydrogen-bond acceptors (Lipinski definition) is 5. The van der Waals surface area contributed by atoms with Crippen molar-refractivity contribution >= 4 is 21.6 Å². The number of sulfonamides is 1. The quantitative estimate of drug-likeness (QED) is 0.812. The summed E-state index contributed by atoms with van der Waals surface area (Å²) in [5.41, 5.74) is 0.477.